The van der Waals surface area contributed by atoms with Gasteiger partial charge in [0, 0.05) is 12.6 Å². The predicted molar refractivity (Wildman–Crippen MR) is 44.0 cm³/mol. The van der Waals surface area contributed by atoms with Gasteiger partial charge in [-0.1, -0.05) is 13.0 Å². The number of hydrogen-bond acceptors (Lipinski definition) is 3. The largest absolute Gasteiger partial charge is 0.451 e. The smallest absolute Gasteiger partial charge is 0.306 e. The molecular weight excluding hydrogens is 154 g/mol. The molecule has 0 aliphatic heterocycles. The lowest BCUT2D eigenvalue weighted by Crippen LogP contribution is -2.01. The van der Waals surface area contributed by atoms with Crippen molar-refractivity contribution in [3.05, 3.63) is 36.7 Å². The molecule has 1 aromatic heterocycles. The van der Waals surface area contributed by atoms with Crippen LogP contribution in [0.4, 0.5) is 0 Å². The van der Waals surface area contributed by atoms with Crippen LogP contribution in [0.25, 0.3) is 0 Å². The molecule has 1 aromatic rings. The van der Waals surface area contributed by atoms with Gasteiger partial charge < -0.3 is 4.74 Å². The second-order valence-corrected chi connectivity index (χ2v) is 2.22. The quantitative estimate of drug-likeness (QED) is 0.636. The van der Waals surface area contributed by atoms with Gasteiger partial charge in [0.25, 0.3) is 0 Å². The Balaban J connectivity index is 2.38. The molecule has 3 nitrogen and oxygen atoms in total. The fraction of sp³-hybridized carbons (Fsp3) is 0.222. The van der Waals surface area contributed by atoms with E-state index in [1.54, 1.807) is 25.3 Å². The molecule has 0 fully saturated rings. The van der Waals surface area contributed by atoms with Crippen LogP contribution >= 0.6 is 0 Å². The number of esters is 1. The minimum absolute atomic E-state index is 0.249. The van der Waals surface area contributed by atoms with E-state index in [1.807, 2.05) is 6.07 Å². The number of aromatic nitrogens is 1. The monoisotopic (exact) mass is 164 g/mol. The summed E-state index contributed by atoms with van der Waals surface area (Å²) in [7, 11) is 0. The summed E-state index contributed by atoms with van der Waals surface area (Å²) in [5, 5.41) is 0. The molecule has 3 heteroatoms. The van der Waals surface area contributed by atoms with Crippen LogP contribution in [0, 0.1) is 6.61 Å². The van der Waals surface area contributed by atoms with E-state index in [4.69, 9.17) is 4.74 Å². The van der Waals surface area contributed by atoms with Crippen molar-refractivity contribution < 1.29 is 9.53 Å². The molecule has 0 unspecified atom stereocenters. The van der Waals surface area contributed by atoms with E-state index < -0.39 is 0 Å². The highest BCUT2D eigenvalue weighted by atomic mass is 16.5. The molecule has 0 saturated carbocycles. The Kier molecular flexibility index (Phi) is 3.26. The minimum Gasteiger partial charge on any atom is -0.451 e. The van der Waals surface area contributed by atoms with Crippen molar-refractivity contribution in [3.63, 3.8) is 0 Å². The molecule has 0 saturated heterocycles. The highest BCUT2D eigenvalue weighted by molar-refractivity contribution is 5.69. The summed E-state index contributed by atoms with van der Waals surface area (Å²) >= 11 is 0. The highest BCUT2D eigenvalue weighted by Crippen LogP contribution is 1.99. The van der Waals surface area contributed by atoms with E-state index in [0.29, 0.717) is 12.1 Å². The van der Waals surface area contributed by atoms with E-state index in [9.17, 15) is 4.79 Å². The van der Waals surface area contributed by atoms with Crippen LogP contribution in [0.15, 0.2) is 24.4 Å². The van der Waals surface area contributed by atoms with Gasteiger partial charge in [0.05, 0.1) is 5.69 Å². The average molecular weight is 164 g/mol. The number of nitrogens with zero attached hydrogens (tertiary/aromatic N) is 1. The zero-order valence-corrected chi connectivity index (χ0v) is 6.86. The Hall–Kier alpha value is -1.38. The number of carbonyl (C=O) groups is 1. The standard InChI is InChI=1S/C9H10NO2/c1-2-9(11)12-7-8-5-3-4-6-10-8/h3-7H,2H2,1H3. The zero-order valence-electron chi connectivity index (χ0n) is 6.86. The predicted octanol–water partition coefficient (Wildman–Crippen LogP) is 1.54. The first-order chi connectivity index (χ1) is 5.83. The summed E-state index contributed by atoms with van der Waals surface area (Å²) in [4.78, 5) is 14.7. The molecule has 1 rings (SSSR count). The van der Waals surface area contributed by atoms with Crippen molar-refractivity contribution >= 4 is 5.97 Å². The molecule has 63 valence electrons. The van der Waals surface area contributed by atoms with Crippen LogP contribution in [-0.4, -0.2) is 11.0 Å². The minimum atomic E-state index is -0.249. The number of hydrogen-bond donors (Lipinski definition) is 0. The number of rotatable bonds is 3. The fourth-order valence-electron chi connectivity index (χ4n) is 0.655. The summed E-state index contributed by atoms with van der Waals surface area (Å²) in [5.74, 6) is -0.249. The third kappa shape index (κ3) is 2.70. The molecule has 0 aliphatic carbocycles. The van der Waals surface area contributed by atoms with E-state index in [1.165, 1.54) is 6.61 Å². The lowest BCUT2D eigenvalue weighted by molar-refractivity contribution is -0.139. The van der Waals surface area contributed by atoms with Crippen molar-refractivity contribution in [2.75, 3.05) is 0 Å². The summed E-state index contributed by atoms with van der Waals surface area (Å²) < 4.78 is 4.75. The van der Waals surface area contributed by atoms with Crippen LogP contribution in [0.3, 0.4) is 0 Å². The van der Waals surface area contributed by atoms with Gasteiger partial charge in [-0.05, 0) is 12.1 Å². The molecule has 1 radical (unpaired) electrons. The van der Waals surface area contributed by atoms with Gasteiger partial charge in [-0.15, -0.1) is 0 Å². The molecule has 0 amide bonds. The maximum absolute atomic E-state index is 10.7. The Bertz CT molecular complexity index is 246. The Morgan fingerprint density at radius 3 is 3.08 bits per heavy atom. The first-order valence-electron chi connectivity index (χ1n) is 3.76. The Morgan fingerprint density at radius 1 is 1.67 bits per heavy atom. The van der Waals surface area contributed by atoms with Crippen molar-refractivity contribution in [2.24, 2.45) is 0 Å². The second kappa shape index (κ2) is 4.49. The van der Waals surface area contributed by atoms with Gasteiger partial charge in [-0.3, -0.25) is 9.78 Å². The van der Waals surface area contributed by atoms with Gasteiger partial charge in [-0.25, -0.2) is 0 Å². The van der Waals surface area contributed by atoms with Crippen LogP contribution < -0.4 is 0 Å². The summed E-state index contributed by atoms with van der Waals surface area (Å²) in [6.07, 6.45) is 2.02. The lowest BCUT2D eigenvalue weighted by atomic mass is 10.4. The first-order valence-corrected chi connectivity index (χ1v) is 3.76. The van der Waals surface area contributed by atoms with Crippen molar-refractivity contribution in [2.45, 2.75) is 13.3 Å². The molecule has 0 spiro atoms. The molecule has 0 aliphatic rings. The molecule has 0 bridgehead atoms. The summed E-state index contributed by atoms with van der Waals surface area (Å²) in [5.41, 5.74) is 0.652. The number of carbonyl (C=O) groups excluding carboxylic acids is 1. The van der Waals surface area contributed by atoms with E-state index in [-0.39, 0.29) is 5.97 Å². The maximum atomic E-state index is 10.7. The van der Waals surface area contributed by atoms with Gasteiger partial charge in [-0.2, -0.15) is 0 Å². The van der Waals surface area contributed by atoms with E-state index >= 15 is 0 Å². The van der Waals surface area contributed by atoms with E-state index in [0.717, 1.165) is 0 Å². The normalized spacial score (nSPS) is 9.42. The lowest BCUT2D eigenvalue weighted by Gasteiger charge is -1.99. The molecular formula is C9H10NO2. The van der Waals surface area contributed by atoms with Crippen LogP contribution in [0.1, 0.15) is 19.0 Å². The van der Waals surface area contributed by atoms with Crippen molar-refractivity contribution in [3.8, 4) is 0 Å². The highest BCUT2D eigenvalue weighted by Gasteiger charge is 1.99. The van der Waals surface area contributed by atoms with Crippen LogP contribution in [0.2, 0.25) is 0 Å². The number of ether oxygens (including phenoxy) is 1. The fourth-order valence-corrected chi connectivity index (χ4v) is 0.655. The molecule has 0 N–H and O–H groups in total. The maximum Gasteiger partial charge on any atom is 0.306 e. The van der Waals surface area contributed by atoms with Gasteiger partial charge in [0.1, 0.15) is 0 Å². The summed E-state index contributed by atoms with van der Waals surface area (Å²) in [6.45, 7) is 3.10. The van der Waals surface area contributed by atoms with Crippen molar-refractivity contribution in [1.29, 1.82) is 0 Å². The van der Waals surface area contributed by atoms with E-state index in [2.05, 4.69) is 4.98 Å². The van der Waals surface area contributed by atoms with Crippen LogP contribution in [-0.2, 0) is 9.53 Å². The average Bonchev–Trinajstić information content (AvgIpc) is 2.16. The Labute approximate surface area is 71.4 Å². The summed E-state index contributed by atoms with van der Waals surface area (Å²) in [6, 6.07) is 5.40. The Morgan fingerprint density at radius 2 is 2.50 bits per heavy atom. The molecule has 0 aromatic carbocycles. The SMILES string of the molecule is CCC(=O)O[CH]c1ccccn1. The van der Waals surface area contributed by atoms with Gasteiger partial charge in [0.15, 0.2) is 6.61 Å². The third-order valence-electron chi connectivity index (χ3n) is 1.29. The van der Waals surface area contributed by atoms with Gasteiger partial charge in [0.2, 0.25) is 0 Å². The topological polar surface area (TPSA) is 39.2 Å². The molecule has 0 atom stereocenters. The van der Waals surface area contributed by atoms with Gasteiger partial charge >= 0.3 is 5.97 Å². The third-order valence-corrected chi connectivity index (χ3v) is 1.29. The molecule has 12 heavy (non-hydrogen) atoms. The van der Waals surface area contributed by atoms with Crippen molar-refractivity contribution in [1.82, 2.24) is 4.98 Å². The zero-order chi connectivity index (χ0) is 8.81. The molecule has 1 heterocycles. The van der Waals surface area contributed by atoms with Crippen LogP contribution in [0.5, 0.6) is 0 Å². The number of pyridine rings is 1. The second-order valence-electron chi connectivity index (χ2n) is 2.22. The first kappa shape index (κ1) is 8.71.